The van der Waals surface area contributed by atoms with E-state index >= 15 is 0 Å². The minimum atomic E-state index is -0.360. The molecule has 0 saturated carbocycles. The summed E-state index contributed by atoms with van der Waals surface area (Å²) in [5.74, 6) is 5.65. The number of benzene rings is 1. The Bertz CT molecular complexity index is 671. The average molecular weight is 272 g/mol. The van der Waals surface area contributed by atoms with Crippen molar-refractivity contribution in [2.45, 2.75) is 0 Å². The summed E-state index contributed by atoms with van der Waals surface area (Å²) in [5.41, 5.74) is 1.01. The molecule has 1 aromatic heterocycles. The molecule has 0 fully saturated rings. The minimum Gasteiger partial charge on any atom is -0.497 e. The van der Waals surface area contributed by atoms with E-state index in [1.165, 1.54) is 6.20 Å². The van der Waals surface area contributed by atoms with E-state index in [-0.39, 0.29) is 10.9 Å². The molecule has 0 radical (unpaired) electrons. The van der Waals surface area contributed by atoms with E-state index in [1.54, 1.807) is 31.4 Å². The molecule has 2 rings (SSSR count). The Kier molecular flexibility index (Phi) is 4.17. The van der Waals surface area contributed by atoms with Gasteiger partial charge in [-0.25, -0.2) is 4.98 Å². The standard InChI is InChI=1S/C15H10ClNO2/c1-19-12-5-2-4-11(10-12)7-8-14(18)13-6-3-9-17-15(13)16/h2-6,9-10H,1H3. The molecule has 0 amide bonds. The molecule has 0 bridgehead atoms. The lowest BCUT2D eigenvalue weighted by atomic mass is 10.1. The van der Waals surface area contributed by atoms with Gasteiger partial charge in [-0.1, -0.05) is 23.6 Å². The van der Waals surface area contributed by atoms with Crippen LogP contribution in [0.1, 0.15) is 15.9 Å². The number of aromatic nitrogens is 1. The Morgan fingerprint density at radius 2 is 2.16 bits per heavy atom. The summed E-state index contributed by atoms with van der Waals surface area (Å²) in [5, 5.41) is 0.160. The molecule has 4 heteroatoms. The number of hydrogen-bond acceptors (Lipinski definition) is 3. The highest BCUT2D eigenvalue weighted by molar-refractivity contribution is 6.33. The second-order valence-corrected chi connectivity index (χ2v) is 4.01. The third-order valence-corrected chi connectivity index (χ3v) is 2.70. The SMILES string of the molecule is COc1cccc(C#CC(=O)c2cccnc2Cl)c1. The van der Waals surface area contributed by atoms with Gasteiger partial charge >= 0.3 is 0 Å². The first kappa shape index (κ1) is 13.1. The fraction of sp³-hybridized carbons (Fsp3) is 0.0667. The molecule has 0 aliphatic carbocycles. The molecule has 0 spiro atoms. The molecule has 0 atom stereocenters. The second kappa shape index (κ2) is 6.03. The third kappa shape index (κ3) is 3.34. The van der Waals surface area contributed by atoms with Crippen LogP contribution in [0.3, 0.4) is 0 Å². The largest absolute Gasteiger partial charge is 0.497 e. The number of halogens is 1. The van der Waals surface area contributed by atoms with E-state index in [1.807, 2.05) is 12.1 Å². The minimum absolute atomic E-state index is 0.160. The van der Waals surface area contributed by atoms with Crippen molar-refractivity contribution < 1.29 is 9.53 Å². The van der Waals surface area contributed by atoms with Gasteiger partial charge < -0.3 is 4.74 Å². The summed E-state index contributed by atoms with van der Waals surface area (Å²) < 4.78 is 5.08. The zero-order valence-corrected chi connectivity index (χ0v) is 10.9. The third-order valence-electron chi connectivity index (χ3n) is 2.39. The van der Waals surface area contributed by atoms with Gasteiger partial charge in [-0.05, 0) is 36.3 Å². The summed E-state index contributed by atoms with van der Waals surface area (Å²) in [6.07, 6.45) is 1.52. The monoisotopic (exact) mass is 271 g/mol. The fourth-order valence-electron chi connectivity index (χ4n) is 1.45. The van der Waals surface area contributed by atoms with Crippen molar-refractivity contribution in [3.05, 3.63) is 58.9 Å². The van der Waals surface area contributed by atoms with Gasteiger partial charge in [-0.2, -0.15) is 0 Å². The first-order valence-electron chi connectivity index (χ1n) is 5.51. The topological polar surface area (TPSA) is 39.2 Å². The zero-order chi connectivity index (χ0) is 13.7. The quantitative estimate of drug-likeness (QED) is 0.479. The lowest BCUT2D eigenvalue weighted by molar-refractivity contribution is 0.105. The molecule has 0 aliphatic heterocycles. The average Bonchev–Trinajstić information content (AvgIpc) is 2.45. The number of pyridine rings is 1. The number of carbonyl (C=O) groups is 1. The van der Waals surface area contributed by atoms with E-state index in [0.717, 1.165) is 0 Å². The van der Waals surface area contributed by atoms with Crippen molar-refractivity contribution in [1.29, 1.82) is 0 Å². The Labute approximate surface area is 116 Å². The van der Waals surface area contributed by atoms with Crippen LogP contribution in [-0.4, -0.2) is 17.9 Å². The van der Waals surface area contributed by atoms with Gasteiger partial charge in [-0.3, -0.25) is 4.79 Å². The summed E-state index contributed by atoms with van der Waals surface area (Å²) >= 11 is 5.83. The number of hydrogen-bond donors (Lipinski definition) is 0. The number of carbonyl (C=O) groups excluding carboxylic acids is 1. The van der Waals surface area contributed by atoms with Crippen LogP contribution in [-0.2, 0) is 0 Å². The molecule has 0 N–H and O–H groups in total. The van der Waals surface area contributed by atoms with Gasteiger partial charge in [0, 0.05) is 11.8 Å². The van der Waals surface area contributed by atoms with E-state index in [0.29, 0.717) is 16.9 Å². The summed E-state index contributed by atoms with van der Waals surface area (Å²) in [6.45, 7) is 0. The van der Waals surface area contributed by atoms with Gasteiger partial charge in [0.05, 0.1) is 12.7 Å². The Balaban J connectivity index is 2.24. The smallest absolute Gasteiger partial charge is 0.239 e. The van der Waals surface area contributed by atoms with Gasteiger partial charge in [-0.15, -0.1) is 0 Å². The van der Waals surface area contributed by atoms with Crippen molar-refractivity contribution in [2.75, 3.05) is 7.11 Å². The second-order valence-electron chi connectivity index (χ2n) is 3.65. The Morgan fingerprint density at radius 1 is 1.32 bits per heavy atom. The molecular weight excluding hydrogens is 262 g/mol. The molecule has 2 aromatic rings. The first-order chi connectivity index (χ1) is 9.20. The Hall–Kier alpha value is -2.31. The number of ether oxygens (including phenoxy) is 1. The molecule has 1 aromatic carbocycles. The molecule has 0 unspecified atom stereocenters. The van der Waals surface area contributed by atoms with Gasteiger partial charge in [0.25, 0.3) is 0 Å². The normalized spacial score (nSPS) is 9.37. The first-order valence-corrected chi connectivity index (χ1v) is 5.89. The maximum atomic E-state index is 11.9. The molecular formula is C15H10ClNO2. The van der Waals surface area contributed by atoms with Crippen LogP contribution in [0.2, 0.25) is 5.15 Å². The fourth-order valence-corrected chi connectivity index (χ4v) is 1.66. The highest BCUT2D eigenvalue weighted by Crippen LogP contribution is 2.13. The maximum Gasteiger partial charge on any atom is 0.239 e. The molecule has 19 heavy (non-hydrogen) atoms. The van der Waals surface area contributed by atoms with Crippen molar-refractivity contribution in [2.24, 2.45) is 0 Å². The number of nitrogens with zero attached hydrogens (tertiary/aromatic N) is 1. The lowest BCUT2D eigenvalue weighted by Crippen LogP contribution is -1.97. The van der Waals surface area contributed by atoms with Crippen molar-refractivity contribution in [3.8, 4) is 17.6 Å². The Morgan fingerprint density at radius 3 is 2.89 bits per heavy atom. The predicted molar refractivity (Wildman–Crippen MR) is 73.4 cm³/mol. The van der Waals surface area contributed by atoms with Gasteiger partial charge in [0.2, 0.25) is 5.78 Å². The number of ketones is 1. The molecule has 0 aliphatic rings. The van der Waals surface area contributed by atoms with E-state index in [4.69, 9.17) is 16.3 Å². The van der Waals surface area contributed by atoms with Crippen molar-refractivity contribution in [1.82, 2.24) is 4.98 Å². The highest BCUT2D eigenvalue weighted by atomic mass is 35.5. The van der Waals surface area contributed by atoms with Gasteiger partial charge in [0.15, 0.2) is 0 Å². The zero-order valence-electron chi connectivity index (χ0n) is 10.2. The van der Waals surface area contributed by atoms with Crippen LogP contribution in [0.4, 0.5) is 0 Å². The van der Waals surface area contributed by atoms with Gasteiger partial charge in [0.1, 0.15) is 10.9 Å². The number of Topliss-reactive ketones (excluding diaryl/α,β-unsaturated/α-hetero) is 1. The number of methoxy groups -OCH3 is 1. The van der Waals surface area contributed by atoms with E-state index in [9.17, 15) is 4.79 Å². The van der Waals surface area contributed by atoms with Crippen LogP contribution < -0.4 is 4.74 Å². The van der Waals surface area contributed by atoms with E-state index < -0.39 is 0 Å². The molecule has 0 saturated heterocycles. The van der Waals surface area contributed by atoms with Crippen LogP contribution in [0.5, 0.6) is 5.75 Å². The maximum absolute atomic E-state index is 11.9. The van der Waals surface area contributed by atoms with E-state index in [2.05, 4.69) is 16.8 Å². The summed E-state index contributed by atoms with van der Waals surface area (Å²) in [4.78, 5) is 15.7. The van der Waals surface area contributed by atoms with Crippen molar-refractivity contribution >= 4 is 17.4 Å². The molecule has 3 nitrogen and oxygen atoms in total. The number of rotatable bonds is 2. The van der Waals surface area contributed by atoms with Crippen LogP contribution in [0.15, 0.2) is 42.6 Å². The highest BCUT2D eigenvalue weighted by Gasteiger charge is 2.07. The summed E-state index contributed by atoms with van der Waals surface area (Å²) in [6, 6.07) is 10.4. The lowest BCUT2D eigenvalue weighted by Gasteiger charge is -1.98. The van der Waals surface area contributed by atoms with Crippen LogP contribution >= 0.6 is 11.6 Å². The molecule has 94 valence electrons. The summed E-state index contributed by atoms with van der Waals surface area (Å²) in [7, 11) is 1.58. The molecule has 1 heterocycles. The predicted octanol–water partition coefficient (Wildman–Crippen LogP) is 2.98. The van der Waals surface area contributed by atoms with Crippen molar-refractivity contribution in [3.63, 3.8) is 0 Å². The van der Waals surface area contributed by atoms with Crippen LogP contribution in [0, 0.1) is 11.8 Å². The van der Waals surface area contributed by atoms with Crippen LogP contribution in [0.25, 0.3) is 0 Å².